The van der Waals surface area contributed by atoms with Crippen LogP contribution in [0.25, 0.3) is 0 Å². The molecule has 0 aliphatic carbocycles. The Morgan fingerprint density at radius 1 is 1.11 bits per heavy atom. The van der Waals surface area contributed by atoms with E-state index >= 15 is 0 Å². The third-order valence-electron chi connectivity index (χ3n) is 4.54. The van der Waals surface area contributed by atoms with Gasteiger partial charge < -0.3 is 9.64 Å². The summed E-state index contributed by atoms with van der Waals surface area (Å²) < 4.78 is 33.3. The van der Waals surface area contributed by atoms with Crippen molar-refractivity contribution in [3.63, 3.8) is 0 Å². The normalized spacial score (nSPS) is 14.2. The van der Waals surface area contributed by atoms with Gasteiger partial charge in [-0.1, -0.05) is 24.3 Å². The molecule has 3 rings (SSSR count). The van der Waals surface area contributed by atoms with E-state index in [0.717, 1.165) is 29.8 Å². The monoisotopic (exact) mass is 374 g/mol. The van der Waals surface area contributed by atoms with Crippen molar-refractivity contribution in [1.29, 1.82) is 0 Å². The summed E-state index contributed by atoms with van der Waals surface area (Å²) in [6.45, 7) is 0.0162. The topological polar surface area (TPSA) is 49.9 Å². The van der Waals surface area contributed by atoms with Crippen LogP contribution in [0.2, 0.25) is 0 Å². The number of esters is 1. The first-order chi connectivity index (χ1) is 12.9. The molecule has 0 saturated heterocycles. The Labute approximate surface area is 156 Å². The van der Waals surface area contributed by atoms with Crippen LogP contribution < -0.4 is 4.90 Å². The van der Waals surface area contributed by atoms with Gasteiger partial charge >= 0.3 is 5.97 Å². The van der Waals surface area contributed by atoms with Gasteiger partial charge in [0.2, 0.25) is 0 Å². The highest BCUT2D eigenvalue weighted by molar-refractivity contribution is 5.97. The molecule has 1 atom stereocenters. The second-order valence-corrected chi connectivity index (χ2v) is 6.53. The van der Waals surface area contributed by atoms with E-state index in [1.807, 2.05) is 24.3 Å². The summed E-state index contributed by atoms with van der Waals surface area (Å²) in [5.41, 5.74) is 1.45. The van der Waals surface area contributed by atoms with Crippen molar-refractivity contribution in [3.05, 3.63) is 65.2 Å². The molecule has 1 amide bonds. The summed E-state index contributed by atoms with van der Waals surface area (Å²) in [5.74, 6) is -2.94. The zero-order valence-corrected chi connectivity index (χ0v) is 15.1. The van der Waals surface area contributed by atoms with Gasteiger partial charge in [-0.15, -0.1) is 0 Å². The summed E-state index contributed by atoms with van der Waals surface area (Å²) in [6.07, 6.45) is 0.733. The standard InChI is InChI=1S/C20H20F2N2O3/c1-23(2)19(18-14(21)7-5-8-15(18)22)20(26)27-12-17(25)24-11-10-13-6-3-4-9-16(13)24/h3-9,19H,10-12H2,1-2H3/t19-/m0/s1. The Hall–Kier alpha value is -2.80. The van der Waals surface area contributed by atoms with Gasteiger partial charge in [0.05, 0.1) is 5.56 Å². The van der Waals surface area contributed by atoms with Crippen molar-refractivity contribution in [2.45, 2.75) is 12.5 Å². The predicted molar refractivity (Wildman–Crippen MR) is 96.2 cm³/mol. The molecule has 0 aromatic heterocycles. The number of hydrogen-bond acceptors (Lipinski definition) is 4. The summed E-state index contributed by atoms with van der Waals surface area (Å²) in [4.78, 5) is 27.8. The van der Waals surface area contributed by atoms with Gasteiger partial charge in [-0.3, -0.25) is 9.69 Å². The van der Waals surface area contributed by atoms with Crippen LogP contribution in [0.3, 0.4) is 0 Å². The van der Waals surface area contributed by atoms with Crippen LogP contribution in [0.15, 0.2) is 42.5 Å². The molecule has 27 heavy (non-hydrogen) atoms. The largest absolute Gasteiger partial charge is 0.454 e. The number of para-hydroxylation sites is 1. The van der Waals surface area contributed by atoms with Crippen molar-refractivity contribution >= 4 is 17.6 Å². The lowest BCUT2D eigenvalue weighted by atomic mass is 10.0. The molecule has 0 N–H and O–H groups in total. The summed E-state index contributed by atoms with van der Waals surface area (Å²) in [5, 5.41) is 0. The van der Waals surface area contributed by atoms with Crippen LogP contribution in [0.5, 0.6) is 0 Å². The highest BCUT2D eigenvalue weighted by Gasteiger charge is 2.32. The number of hydrogen-bond donors (Lipinski definition) is 0. The fourth-order valence-corrected chi connectivity index (χ4v) is 3.25. The molecule has 7 heteroatoms. The smallest absolute Gasteiger partial charge is 0.328 e. The SMILES string of the molecule is CN(C)[C@H](C(=O)OCC(=O)N1CCc2ccccc21)c1c(F)cccc1F. The fraction of sp³-hybridized carbons (Fsp3) is 0.300. The van der Waals surface area contributed by atoms with Gasteiger partial charge in [0.25, 0.3) is 5.91 Å². The van der Waals surface area contributed by atoms with E-state index in [4.69, 9.17) is 4.74 Å². The predicted octanol–water partition coefficient (Wildman–Crippen LogP) is 2.70. The number of fused-ring (bicyclic) bond motifs is 1. The number of amides is 1. The molecule has 1 aliphatic heterocycles. The van der Waals surface area contributed by atoms with Gasteiger partial charge in [0.1, 0.15) is 17.7 Å². The average Bonchev–Trinajstić information content (AvgIpc) is 3.06. The zero-order valence-electron chi connectivity index (χ0n) is 15.1. The third-order valence-corrected chi connectivity index (χ3v) is 4.54. The molecule has 2 aromatic carbocycles. The van der Waals surface area contributed by atoms with Crippen LogP contribution in [0, 0.1) is 11.6 Å². The number of anilines is 1. The van der Waals surface area contributed by atoms with E-state index in [0.29, 0.717) is 6.54 Å². The second-order valence-electron chi connectivity index (χ2n) is 6.53. The molecule has 2 aromatic rings. The van der Waals surface area contributed by atoms with E-state index in [1.54, 1.807) is 4.90 Å². The zero-order chi connectivity index (χ0) is 19.6. The summed E-state index contributed by atoms with van der Waals surface area (Å²) >= 11 is 0. The van der Waals surface area contributed by atoms with Crippen molar-refractivity contribution < 1.29 is 23.1 Å². The van der Waals surface area contributed by atoms with Gasteiger partial charge in [0, 0.05) is 12.2 Å². The number of nitrogens with zero attached hydrogens (tertiary/aromatic N) is 2. The molecule has 142 valence electrons. The fourth-order valence-electron chi connectivity index (χ4n) is 3.25. The van der Waals surface area contributed by atoms with Crippen LogP contribution in [0.1, 0.15) is 17.2 Å². The van der Waals surface area contributed by atoms with Gasteiger partial charge in [-0.25, -0.2) is 13.6 Å². The number of rotatable bonds is 5. The van der Waals surface area contributed by atoms with Gasteiger partial charge in [-0.2, -0.15) is 0 Å². The minimum Gasteiger partial charge on any atom is -0.454 e. The number of carbonyl (C=O) groups is 2. The number of ether oxygens (including phenoxy) is 1. The molecule has 0 spiro atoms. The number of carbonyl (C=O) groups excluding carboxylic acids is 2. The Kier molecular flexibility index (Phi) is 5.51. The maximum Gasteiger partial charge on any atom is 0.328 e. The highest BCUT2D eigenvalue weighted by Crippen LogP contribution is 2.28. The Balaban J connectivity index is 1.71. The minimum atomic E-state index is -1.29. The summed E-state index contributed by atoms with van der Waals surface area (Å²) in [6, 6.07) is 9.60. The summed E-state index contributed by atoms with van der Waals surface area (Å²) in [7, 11) is 3.02. The Bertz CT molecular complexity index is 850. The van der Waals surface area contributed by atoms with Crippen molar-refractivity contribution in [2.75, 3.05) is 32.1 Å². The lowest BCUT2D eigenvalue weighted by Gasteiger charge is -2.24. The number of likely N-dealkylation sites (N-methyl/N-ethyl adjacent to an activating group) is 1. The Morgan fingerprint density at radius 2 is 1.78 bits per heavy atom. The molecule has 5 nitrogen and oxygen atoms in total. The Morgan fingerprint density at radius 3 is 2.44 bits per heavy atom. The molecule has 0 unspecified atom stereocenters. The number of halogens is 2. The lowest BCUT2D eigenvalue weighted by molar-refractivity contribution is -0.153. The molecule has 0 radical (unpaired) electrons. The van der Waals surface area contributed by atoms with Crippen LogP contribution in [-0.2, 0) is 20.7 Å². The first-order valence-electron chi connectivity index (χ1n) is 8.55. The molecule has 1 heterocycles. The first kappa shape index (κ1) is 19.0. The molecule has 0 saturated carbocycles. The van der Waals surface area contributed by atoms with Gasteiger partial charge in [0.15, 0.2) is 6.61 Å². The molecule has 1 aliphatic rings. The second kappa shape index (κ2) is 7.84. The van der Waals surface area contributed by atoms with Crippen LogP contribution >= 0.6 is 0 Å². The average molecular weight is 374 g/mol. The van der Waals surface area contributed by atoms with E-state index in [1.165, 1.54) is 25.1 Å². The van der Waals surface area contributed by atoms with Crippen LogP contribution in [-0.4, -0.2) is 44.0 Å². The van der Waals surface area contributed by atoms with Crippen molar-refractivity contribution in [2.24, 2.45) is 0 Å². The maximum absolute atomic E-state index is 14.1. The molecular weight excluding hydrogens is 354 g/mol. The quantitative estimate of drug-likeness (QED) is 0.755. The number of benzene rings is 2. The molecule has 0 fully saturated rings. The van der Waals surface area contributed by atoms with Gasteiger partial charge in [-0.05, 0) is 44.3 Å². The van der Waals surface area contributed by atoms with E-state index < -0.39 is 35.8 Å². The lowest BCUT2D eigenvalue weighted by Crippen LogP contribution is -2.36. The highest BCUT2D eigenvalue weighted by atomic mass is 19.1. The third kappa shape index (κ3) is 3.83. The van der Waals surface area contributed by atoms with Crippen molar-refractivity contribution in [1.82, 2.24) is 4.90 Å². The van der Waals surface area contributed by atoms with Crippen molar-refractivity contribution in [3.8, 4) is 0 Å². The maximum atomic E-state index is 14.1. The van der Waals surface area contributed by atoms with Crippen LogP contribution in [0.4, 0.5) is 14.5 Å². The van der Waals surface area contributed by atoms with E-state index in [2.05, 4.69) is 0 Å². The molecular formula is C20H20F2N2O3. The first-order valence-corrected chi connectivity index (χ1v) is 8.55. The molecule has 0 bridgehead atoms. The van der Waals surface area contributed by atoms with E-state index in [9.17, 15) is 18.4 Å². The van der Waals surface area contributed by atoms with E-state index in [-0.39, 0.29) is 5.91 Å². The minimum absolute atomic E-state index is 0.375.